The van der Waals surface area contributed by atoms with Gasteiger partial charge in [-0.2, -0.15) is 13.2 Å². The van der Waals surface area contributed by atoms with E-state index in [1.165, 1.54) is 25.7 Å². The smallest absolute Gasteiger partial charge is 0.389 e. The minimum Gasteiger partial charge on any atom is -0.494 e. The van der Waals surface area contributed by atoms with Gasteiger partial charge < -0.3 is 14.2 Å². The summed E-state index contributed by atoms with van der Waals surface area (Å²) in [4.78, 5) is 0. The van der Waals surface area contributed by atoms with Crippen LogP contribution in [0.25, 0.3) is 0 Å². The molecule has 0 aliphatic carbocycles. The first-order valence-corrected chi connectivity index (χ1v) is 9.50. The van der Waals surface area contributed by atoms with Crippen molar-refractivity contribution >= 4 is 0 Å². The van der Waals surface area contributed by atoms with Gasteiger partial charge in [-0.3, -0.25) is 0 Å². The molecule has 0 atom stereocenters. The van der Waals surface area contributed by atoms with Crippen LogP contribution in [-0.2, 0) is 9.47 Å². The molecule has 1 aliphatic rings. The predicted octanol–water partition coefficient (Wildman–Crippen LogP) is 6.04. The predicted molar refractivity (Wildman–Crippen MR) is 94.1 cm³/mol. The van der Waals surface area contributed by atoms with Crippen molar-refractivity contribution in [3.63, 3.8) is 0 Å². The quantitative estimate of drug-likeness (QED) is 0.467. The molecule has 0 radical (unpaired) electrons. The summed E-state index contributed by atoms with van der Waals surface area (Å²) < 4.78 is 53.7. The average molecular weight is 374 g/mol. The zero-order valence-corrected chi connectivity index (χ0v) is 15.4. The van der Waals surface area contributed by atoms with Crippen LogP contribution in [0.1, 0.15) is 63.7 Å². The van der Waals surface area contributed by atoms with E-state index in [4.69, 9.17) is 14.2 Å². The van der Waals surface area contributed by atoms with Crippen LogP contribution in [0, 0.1) is 5.92 Å². The third-order valence-electron chi connectivity index (χ3n) is 4.47. The van der Waals surface area contributed by atoms with E-state index in [1.54, 1.807) is 0 Å². The summed E-state index contributed by atoms with van der Waals surface area (Å²) >= 11 is 0. The van der Waals surface area contributed by atoms with Crippen molar-refractivity contribution < 1.29 is 27.4 Å². The molecule has 0 saturated carbocycles. The maximum Gasteiger partial charge on any atom is 0.389 e. The molecule has 0 N–H and O–H groups in total. The molecule has 3 nitrogen and oxygen atoms in total. The van der Waals surface area contributed by atoms with E-state index < -0.39 is 18.9 Å². The van der Waals surface area contributed by atoms with Crippen molar-refractivity contribution in [2.75, 3.05) is 19.8 Å². The third kappa shape index (κ3) is 7.96. The Hall–Kier alpha value is -1.27. The minimum atomic E-state index is -4.12. The molecular formula is C20H29F3O3. The highest BCUT2D eigenvalue weighted by Gasteiger charge is 2.30. The second-order valence-corrected chi connectivity index (χ2v) is 6.85. The number of ether oxygens (including phenoxy) is 3. The van der Waals surface area contributed by atoms with Gasteiger partial charge in [0, 0.05) is 17.9 Å². The molecular weight excluding hydrogens is 345 g/mol. The number of alkyl halides is 3. The Kier molecular flexibility index (Phi) is 8.72. The summed E-state index contributed by atoms with van der Waals surface area (Å²) in [6.45, 7) is 3.48. The Morgan fingerprint density at radius 3 is 2.27 bits per heavy atom. The van der Waals surface area contributed by atoms with Crippen LogP contribution in [0.5, 0.6) is 5.75 Å². The Bertz CT molecular complexity index is 494. The summed E-state index contributed by atoms with van der Waals surface area (Å²) in [5, 5.41) is 0. The summed E-state index contributed by atoms with van der Waals surface area (Å²) in [7, 11) is 0. The van der Waals surface area contributed by atoms with Gasteiger partial charge in [-0.15, -0.1) is 0 Å². The van der Waals surface area contributed by atoms with E-state index in [1.807, 2.05) is 24.3 Å². The maximum absolute atomic E-state index is 12.3. The minimum absolute atomic E-state index is 0.0429. The summed E-state index contributed by atoms with van der Waals surface area (Å²) in [5.41, 5.74) is 0.856. The number of unbranched alkanes of at least 4 members (excludes halogenated alkanes) is 4. The van der Waals surface area contributed by atoms with E-state index in [9.17, 15) is 13.2 Å². The Balaban J connectivity index is 1.67. The van der Waals surface area contributed by atoms with Crippen LogP contribution in [-0.4, -0.2) is 26.0 Å². The lowest BCUT2D eigenvalue weighted by molar-refractivity contribution is -0.211. The normalized spacial score (nSPS) is 20.9. The molecule has 26 heavy (non-hydrogen) atoms. The summed E-state index contributed by atoms with van der Waals surface area (Å²) in [6.07, 6.45) is 0.605. The second kappa shape index (κ2) is 10.8. The van der Waals surface area contributed by atoms with Crippen molar-refractivity contribution in [3.05, 3.63) is 29.8 Å². The number of halogens is 3. The van der Waals surface area contributed by atoms with E-state index in [-0.39, 0.29) is 25.6 Å². The first-order chi connectivity index (χ1) is 12.5. The van der Waals surface area contributed by atoms with Crippen LogP contribution in [0.4, 0.5) is 13.2 Å². The molecule has 1 saturated heterocycles. The van der Waals surface area contributed by atoms with Crippen molar-refractivity contribution in [1.29, 1.82) is 0 Å². The van der Waals surface area contributed by atoms with Crippen molar-refractivity contribution in [2.45, 2.75) is 64.3 Å². The van der Waals surface area contributed by atoms with Gasteiger partial charge >= 0.3 is 6.18 Å². The molecule has 0 spiro atoms. The fourth-order valence-corrected chi connectivity index (χ4v) is 2.89. The van der Waals surface area contributed by atoms with E-state index >= 15 is 0 Å². The van der Waals surface area contributed by atoms with Crippen LogP contribution in [0.15, 0.2) is 24.3 Å². The van der Waals surface area contributed by atoms with Gasteiger partial charge in [-0.25, -0.2) is 0 Å². The first-order valence-electron chi connectivity index (χ1n) is 9.50. The monoisotopic (exact) mass is 374 g/mol. The second-order valence-electron chi connectivity index (χ2n) is 6.85. The average Bonchev–Trinajstić information content (AvgIpc) is 2.63. The molecule has 0 unspecified atom stereocenters. The van der Waals surface area contributed by atoms with Crippen molar-refractivity contribution in [3.8, 4) is 5.75 Å². The Labute approximate surface area is 153 Å². The maximum atomic E-state index is 12.3. The van der Waals surface area contributed by atoms with E-state index in [0.29, 0.717) is 6.61 Å². The van der Waals surface area contributed by atoms with Crippen LogP contribution < -0.4 is 4.74 Å². The van der Waals surface area contributed by atoms with Crippen molar-refractivity contribution in [1.82, 2.24) is 0 Å². The molecule has 1 aromatic rings. The molecule has 6 heteroatoms. The molecule has 1 heterocycles. The van der Waals surface area contributed by atoms with Gasteiger partial charge in [0.05, 0.1) is 19.8 Å². The summed E-state index contributed by atoms with van der Waals surface area (Å²) in [6, 6.07) is 7.52. The molecule has 1 aliphatic heterocycles. The fourth-order valence-electron chi connectivity index (χ4n) is 2.89. The Morgan fingerprint density at radius 2 is 1.65 bits per heavy atom. The van der Waals surface area contributed by atoms with Gasteiger partial charge in [0.2, 0.25) is 0 Å². The standard InChI is InChI=1S/C20H29F3O3/c1-2-3-4-5-6-13-24-18-9-7-17(8-10-18)19-25-14-16(15-26-19)11-12-20(21,22)23/h7-10,16,19H,2-6,11-15H2,1H3. The van der Waals surface area contributed by atoms with E-state index in [0.717, 1.165) is 17.7 Å². The largest absolute Gasteiger partial charge is 0.494 e. The van der Waals surface area contributed by atoms with E-state index in [2.05, 4.69) is 6.92 Å². The molecule has 0 amide bonds. The lowest BCUT2D eigenvalue weighted by Crippen LogP contribution is -2.28. The van der Waals surface area contributed by atoms with Crippen LogP contribution >= 0.6 is 0 Å². The molecule has 2 rings (SSSR count). The van der Waals surface area contributed by atoms with Gasteiger partial charge in [-0.05, 0) is 25.0 Å². The highest BCUT2D eigenvalue weighted by atomic mass is 19.4. The lowest BCUT2D eigenvalue weighted by Gasteiger charge is -2.29. The highest BCUT2D eigenvalue weighted by Crippen LogP contribution is 2.30. The van der Waals surface area contributed by atoms with Crippen LogP contribution in [0.2, 0.25) is 0 Å². The highest BCUT2D eigenvalue weighted by molar-refractivity contribution is 5.28. The van der Waals surface area contributed by atoms with Gasteiger partial charge in [0.15, 0.2) is 6.29 Å². The fraction of sp³-hybridized carbons (Fsp3) is 0.700. The van der Waals surface area contributed by atoms with Crippen molar-refractivity contribution in [2.24, 2.45) is 5.92 Å². The molecule has 0 bridgehead atoms. The van der Waals surface area contributed by atoms with Gasteiger partial charge in [-0.1, -0.05) is 44.7 Å². The zero-order valence-electron chi connectivity index (χ0n) is 15.4. The number of hydrogen-bond donors (Lipinski definition) is 0. The molecule has 1 aromatic carbocycles. The topological polar surface area (TPSA) is 27.7 Å². The number of rotatable bonds is 10. The molecule has 1 fully saturated rings. The van der Waals surface area contributed by atoms with Gasteiger partial charge in [0.25, 0.3) is 0 Å². The molecule has 148 valence electrons. The third-order valence-corrected chi connectivity index (χ3v) is 4.47. The Morgan fingerprint density at radius 1 is 1.00 bits per heavy atom. The SMILES string of the molecule is CCCCCCCOc1ccc(C2OCC(CCC(F)(F)F)CO2)cc1. The summed E-state index contributed by atoms with van der Waals surface area (Å²) in [5.74, 6) is 0.603. The van der Waals surface area contributed by atoms with Crippen LogP contribution in [0.3, 0.4) is 0 Å². The lowest BCUT2D eigenvalue weighted by atomic mass is 10.0. The molecule has 0 aromatic heterocycles. The van der Waals surface area contributed by atoms with Gasteiger partial charge in [0.1, 0.15) is 5.75 Å². The first kappa shape index (κ1) is 21.0. The zero-order chi connectivity index (χ0) is 18.8. The number of benzene rings is 1. The number of hydrogen-bond acceptors (Lipinski definition) is 3.